The first-order valence-corrected chi connectivity index (χ1v) is 4.31. The van der Waals surface area contributed by atoms with Crippen LogP contribution in [0.4, 0.5) is 11.4 Å². The molecule has 0 aromatic heterocycles. The van der Waals surface area contributed by atoms with Crippen LogP contribution in [0.1, 0.15) is 0 Å². The number of aliphatic hydroxyl groups is 1. The highest BCUT2D eigenvalue weighted by Gasteiger charge is 2.13. The molecule has 0 bridgehead atoms. The number of benzene rings is 1. The number of hydrogen-bond acceptors (Lipinski definition) is 4. The topological polar surface area (TPSA) is 75.4 Å². The van der Waals surface area contributed by atoms with Gasteiger partial charge >= 0.3 is 0 Å². The number of nitrogens with one attached hydrogen (secondary N) is 1. The lowest BCUT2D eigenvalue weighted by Crippen LogP contribution is -2.07. The van der Waals surface area contributed by atoms with Crippen molar-refractivity contribution < 1.29 is 10.0 Å². The zero-order valence-corrected chi connectivity index (χ0v) is 7.99. The molecule has 0 saturated heterocycles. The molecule has 0 aliphatic carbocycles. The van der Waals surface area contributed by atoms with Crippen molar-refractivity contribution >= 4 is 23.0 Å². The van der Waals surface area contributed by atoms with Crippen molar-refractivity contribution in [1.29, 1.82) is 0 Å². The summed E-state index contributed by atoms with van der Waals surface area (Å²) in [6.07, 6.45) is 0. The van der Waals surface area contributed by atoms with E-state index in [4.69, 9.17) is 16.7 Å². The molecular weight excluding hydrogens is 208 g/mol. The highest BCUT2D eigenvalue weighted by atomic mass is 35.5. The molecule has 1 aromatic rings. The van der Waals surface area contributed by atoms with E-state index in [0.29, 0.717) is 10.7 Å². The van der Waals surface area contributed by atoms with Crippen molar-refractivity contribution in [3.8, 4) is 0 Å². The Morgan fingerprint density at radius 1 is 1.57 bits per heavy atom. The average molecular weight is 217 g/mol. The van der Waals surface area contributed by atoms with Gasteiger partial charge in [0.05, 0.1) is 11.5 Å². The van der Waals surface area contributed by atoms with Gasteiger partial charge in [0.25, 0.3) is 5.69 Å². The van der Waals surface area contributed by atoms with Crippen molar-refractivity contribution in [3.05, 3.63) is 33.3 Å². The first kappa shape index (κ1) is 10.7. The minimum atomic E-state index is -0.522. The number of hydrogen-bond donors (Lipinski definition) is 2. The number of anilines is 1. The smallest absolute Gasteiger partial charge is 0.293 e. The third kappa shape index (κ3) is 2.58. The Hall–Kier alpha value is -1.33. The lowest BCUT2D eigenvalue weighted by Gasteiger charge is -2.04. The SMILES string of the molecule is O=[N+]([O-])c1cc(Cl)ccc1NCCO. The van der Waals surface area contributed by atoms with Crippen LogP contribution in [-0.2, 0) is 0 Å². The maximum absolute atomic E-state index is 10.6. The van der Waals surface area contributed by atoms with Crippen LogP contribution in [0.2, 0.25) is 5.02 Å². The summed E-state index contributed by atoms with van der Waals surface area (Å²) in [7, 11) is 0. The van der Waals surface area contributed by atoms with E-state index >= 15 is 0 Å². The molecule has 0 saturated carbocycles. The summed E-state index contributed by atoms with van der Waals surface area (Å²) in [6.45, 7) is 0.183. The van der Waals surface area contributed by atoms with E-state index in [-0.39, 0.29) is 18.8 Å². The van der Waals surface area contributed by atoms with Crippen molar-refractivity contribution in [2.45, 2.75) is 0 Å². The van der Waals surface area contributed by atoms with E-state index in [1.54, 1.807) is 6.07 Å². The monoisotopic (exact) mass is 216 g/mol. The zero-order chi connectivity index (χ0) is 10.6. The lowest BCUT2D eigenvalue weighted by atomic mass is 10.2. The minimum absolute atomic E-state index is 0.0836. The first-order chi connectivity index (χ1) is 6.65. The van der Waals surface area contributed by atoms with Gasteiger partial charge in [0.1, 0.15) is 5.69 Å². The number of nitrogens with zero attached hydrogens (tertiary/aromatic N) is 1. The molecule has 0 fully saturated rings. The third-order valence-corrected chi connectivity index (χ3v) is 1.82. The van der Waals surface area contributed by atoms with Crippen LogP contribution < -0.4 is 5.32 Å². The summed E-state index contributed by atoms with van der Waals surface area (Å²) >= 11 is 5.61. The molecular formula is C8H9ClN2O3. The van der Waals surface area contributed by atoms with Gasteiger partial charge in [0.15, 0.2) is 0 Å². The van der Waals surface area contributed by atoms with E-state index in [2.05, 4.69) is 5.32 Å². The molecule has 1 aromatic carbocycles. The fourth-order valence-electron chi connectivity index (χ4n) is 0.996. The maximum Gasteiger partial charge on any atom is 0.293 e. The van der Waals surface area contributed by atoms with Gasteiger partial charge in [0, 0.05) is 17.6 Å². The Kier molecular flexibility index (Phi) is 3.67. The Morgan fingerprint density at radius 2 is 2.29 bits per heavy atom. The number of rotatable bonds is 4. The van der Waals surface area contributed by atoms with Crippen LogP contribution in [0.3, 0.4) is 0 Å². The van der Waals surface area contributed by atoms with E-state index in [9.17, 15) is 10.1 Å². The largest absolute Gasteiger partial charge is 0.395 e. The van der Waals surface area contributed by atoms with Gasteiger partial charge in [-0.2, -0.15) is 0 Å². The summed E-state index contributed by atoms with van der Waals surface area (Å²) in [4.78, 5) is 10.1. The number of nitro groups is 1. The normalized spacial score (nSPS) is 9.86. The van der Waals surface area contributed by atoms with E-state index in [1.165, 1.54) is 12.1 Å². The molecule has 1 rings (SSSR count). The first-order valence-electron chi connectivity index (χ1n) is 3.94. The van der Waals surface area contributed by atoms with Crippen LogP contribution in [0, 0.1) is 10.1 Å². The molecule has 0 spiro atoms. The molecule has 0 heterocycles. The highest BCUT2D eigenvalue weighted by Crippen LogP contribution is 2.27. The second-order valence-electron chi connectivity index (χ2n) is 2.57. The molecule has 0 aliphatic heterocycles. The van der Waals surface area contributed by atoms with E-state index < -0.39 is 4.92 Å². The molecule has 2 N–H and O–H groups in total. The van der Waals surface area contributed by atoms with E-state index in [1.807, 2.05) is 0 Å². The Morgan fingerprint density at radius 3 is 2.86 bits per heavy atom. The summed E-state index contributed by atoms with van der Waals surface area (Å²) in [6, 6.07) is 4.33. The molecule has 0 amide bonds. The second kappa shape index (κ2) is 4.78. The molecule has 6 heteroatoms. The Balaban J connectivity index is 2.96. The molecule has 76 valence electrons. The van der Waals surface area contributed by atoms with Crippen molar-refractivity contribution in [2.75, 3.05) is 18.5 Å². The van der Waals surface area contributed by atoms with Crippen molar-refractivity contribution in [3.63, 3.8) is 0 Å². The van der Waals surface area contributed by atoms with Gasteiger partial charge in [-0.1, -0.05) is 11.6 Å². The van der Waals surface area contributed by atoms with Crippen molar-refractivity contribution in [2.24, 2.45) is 0 Å². The number of nitro benzene ring substituents is 1. The Labute approximate surface area is 85.5 Å². The molecule has 14 heavy (non-hydrogen) atoms. The lowest BCUT2D eigenvalue weighted by molar-refractivity contribution is -0.383. The predicted molar refractivity (Wildman–Crippen MR) is 53.7 cm³/mol. The van der Waals surface area contributed by atoms with Gasteiger partial charge in [-0.05, 0) is 12.1 Å². The van der Waals surface area contributed by atoms with Gasteiger partial charge in [0.2, 0.25) is 0 Å². The van der Waals surface area contributed by atoms with Gasteiger partial charge < -0.3 is 10.4 Å². The molecule has 5 nitrogen and oxygen atoms in total. The summed E-state index contributed by atoms with van der Waals surface area (Å²) in [5, 5.41) is 22.2. The fourth-order valence-corrected chi connectivity index (χ4v) is 1.16. The zero-order valence-electron chi connectivity index (χ0n) is 7.24. The van der Waals surface area contributed by atoms with Gasteiger partial charge in [-0.15, -0.1) is 0 Å². The minimum Gasteiger partial charge on any atom is -0.395 e. The summed E-state index contributed by atoms with van der Waals surface area (Å²) in [5.41, 5.74) is 0.263. The molecule has 0 atom stereocenters. The second-order valence-corrected chi connectivity index (χ2v) is 3.01. The summed E-state index contributed by atoms with van der Waals surface area (Å²) in [5.74, 6) is 0. The molecule has 0 aliphatic rings. The van der Waals surface area contributed by atoms with Gasteiger partial charge in [-0.25, -0.2) is 0 Å². The van der Waals surface area contributed by atoms with Crippen LogP contribution in [-0.4, -0.2) is 23.2 Å². The van der Waals surface area contributed by atoms with Crippen LogP contribution in [0.15, 0.2) is 18.2 Å². The Bertz CT molecular complexity index is 343. The number of halogens is 1. The van der Waals surface area contributed by atoms with Crippen LogP contribution in [0.5, 0.6) is 0 Å². The number of aliphatic hydroxyl groups excluding tert-OH is 1. The van der Waals surface area contributed by atoms with Crippen LogP contribution in [0.25, 0.3) is 0 Å². The van der Waals surface area contributed by atoms with Gasteiger partial charge in [-0.3, -0.25) is 10.1 Å². The van der Waals surface area contributed by atoms with Crippen LogP contribution >= 0.6 is 11.6 Å². The molecule has 0 unspecified atom stereocenters. The highest BCUT2D eigenvalue weighted by molar-refractivity contribution is 6.30. The third-order valence-electron chi connectivity index (χ3n) is 1.58. The molecule has 0 radical (unpaired) electrons. The summed E-state index contributed by atoms with van der Waals surface area (Å²) < 4.78 is 0. The predicted octanol–water partition coefficient (Wildman–Crippen LogP) is 1.65. The van der Waals surface area contributed by atoms with E-state index in [0.717, 1.165) is 0 Å². The maximum atomic E-state index is 10.6. The average Bonchev–Trinajstić information content (AvgIpc) is 2.15. The quantitative estimate of drug-likeness (QED) is 0.593. The standard InChI is InChI=1S/C8H9ClN2O3/c9-6-1-2-7(10-3-4-12)8(5-6)11(13)14/h1-2,5,10,12H,3-4H2. The fraction of sp³-hybridized carbons (Fsp3) is 0.250. The van der Waals surface area contributed by atoms with Crippen molar-refractivity contribution in [1.82, 2.24) is 0 Å².